The molecule has 0 aliphatic rings. The van der Waals surface area contributed by atoms with Gasteiger partial charge in [-0.2, -0.15) is 0 Å². The zero-order valence-corrected chi connectivity index (χ0v) is 10.5. The molecule has 5 heteroatoms. The van der Waals surface area contributed by atoms with Gasteiger partial charge in [-0.3, -0.25) is 4.79 Å². The smallest absolute Gasteiger partial charge is 0.305 e. The summed E-state index contributed by atoms with van der Waals surface area (Å²) in [5.74, 6) is -0.155. The molecule has 0 bridgehead atoms. The molecule has 0 atom stereocenters. The number of hydrogen-bond donors (Lipinski definition) is 0. The highest BCUT2D eigenvalue weighted by Crippen LogP contribution is 1.94. The molecule has 16 heavy (non-hydrogen) atoms. The Bertz CT molecular complexity index is 173. The molecule has 0 fully saturated rings. The topological polar surface area (TPSA) is 48.0 Å². The third kappa shape index (κ3) is 11.4. The maximum absolute atomic E-state index is 11.2. The maximum Gasteiger partial charge on any atom is 0.305 e. The van der Waals surface area contributed by atoms with E-state index in [-0.39, 0.29) is 5.97 Å². The van der Waals surface area contributed by atoms with Gasteiger partial charge in [-0.15, -0.1) is 0 Å². The molecule has 0 aromatic heterocycles. The molecule has 0 radical (unpaired) electrons. The van der Waals surface area contributed by atoms with Crippen LogP contribution in [0.2, 0.25) is 0 Å². The monoisotopic (exact) mass is 233 g/mol. The molecule has 5 nitrogen and oxygen atoms in total. The van der Waals surface area contributed by atoms with Crippen molar-refractivity contribution in [2.45, 2.75) is 12.8 Å². The van der Waals surface area contributed by atoms with Crippen LogP contribution >= 0.6 is 0 Å². The van der Waals surface area contributed by atoms with E-state index in [9.17, 15) is 4.79 Å². The van der Waals surface area contributed by atoms with Gasteiger partial charge in [0.15, 0.2) is 0 Å². The van der Waals surface area contributed by atoms with Crippen LogP contribution in [0, 0.1) is 0 Å². The van der Waals surface area contributed by atoms with E-state index < -0.39 is 0 Å². The van der Waals surface area contributed by atoms with Crippen molar-refractivity contribution in [1.29, 1.82) is 0 Å². The van der Waals surface area contributed by atoms with Crippen LogP contribution in [0.4, 0.5) is 0 Å². The molecule has 0 aromatic rings. The van der Waals surface area contributed by atoms with E-state index in [0.717, 1.165) is 13.0 Å². The van der Waals surface area contributed by atoms with E-state index in [4.69, 9.17) is 14.2 Å². The molecule has 0 saturated carbocycles. The van der Waals surface area contributed by atoms with Gasteiger partial charge in [-0.25, -0.2) is 0 Å². The normalized spacial score (nSPS) is 10.8. The lowest BCUT2D eigenvalue weighted by Gasteiger charge is -2.09. The Morgan fingerprint density at radius 2 is 1.81 bits per heavy atom. The van der Waals surface area contributed by atoms with Crippen LogP contribution in [0.25, 0.3) is 0 Å². The third-order valence-corrected chi connectivity index (χ3v) is 1.91. The van der Waals surface area contributed by atoms with Crippen LogP contribution < -0.4 is 0 Å². The standard InChI is InChI=1S/C11H23NO4/c1-12(2)6-4-5-11(13)16-10-9-15-8-7-14-3/h4-10H2,1-3H3. The number of esters is 1. The first-order valence-electron chi connectivity index (χ1n) is 5.54. The van der Waals surface area contributed by atoms with Gasteiger partial charge in [0, 0.05) is 13.5 Å². The molecule has 0 aliphatic carbocycles. The molecule has 0 N–H and O–H groups in total. The SMILES string of the molecule is COCCOCCOC(=O)CCCN(C)C. The minimum Gasteiger partial charge on any atom is -0.463 e. The first kappa shape index (κ1) is 15.3. The third-order valence-electron chi connectivity index (χ3n) is 1.91. The van der Waals surface area contributed by atoms with Crippen LogP contribution in [0.15, 0.2) is 0 Å². The number of carbonyl (C=O) groups is 1. The average molecular weight is 233 g/mol. The molecular weight excluding hydrogens is 210 g/mol. The maximum atomic E-state index is 11.2. The van der Waals surface area contributed by atoms with Gasteiger partial charge in [-0.1, -0.05) is 0 Å². The van der Waals surface area contributed by atoms with Crippen molar-refractivity contribution in [1.82, 2.24) is 4.90 Å². The highest BCUT2D eigenvalue weighted by molar-refractivity contribution is 5.69. The minimum atomic E-state index is -0.155. The highest BCUT2D eigenvalue weighted by Gasteiger charge is 2.02. The summed E-state index contributed by atoms with van der Waals surface area (Å²) in [6, 6.07) is 0. The Kier molecular flexibility index (Phi) is 10.4. The van der Waals surface area contributed by atoms with E-state index in [1.54, 1.807) is 7.11 Å². The molecule has 0 spiro atoms. The second-order valence-electron chi connectivity index (χ2n) is 3.73. The van der Waals surface area contributed by atoms with E-state index in [1.807, 2.05) is 19.0 Å². The number of methoxy groups -OCH3 is 1. The lowest BCUT2D eigenvalue weighted by Crippen LogP contribution is -2.16. The minimum absolute atomic E-state index is 0.155. The summed E-state index contributed by atoms with van der Waals surface area (Å²) < 4.78 is 14.9. The largest absolute Gasteiger partial charge is 0.463 e. The van der Waals surface area contributed by atoms with Crippen LogP contribution in [0.3, 0.4) is 0 Å². The Morgan fingerprint density at radius 3 is 2.44 bits per heavy atom. The fraction of sp³-hybridized carbons (Fsp3) is 0.909. The molecule has 0 aromatic carbocycles. The average Bonchev–Trinajstić information content (AvgIpc) is 2.22. The van der Waals surface area contributed by atoms with Gasteiger partial charge in [0.25, 0.3) is 0 Å². The van der Waals surface area contributed by atoms with E-state index in [2.05, 4.69) is 0 Å². The summed E-state index contributed by atoms with van der Waals surface area (Å²) in [4.78, 5) is 13.2. The second kappa shape index (κ2) is 10.9. The number of ether oxygens (including phenoxy) is 3. The quantitative estimate of drug-likeness (QED) is 0.407. The van der Waals surface area contributed by atoms with Crippen molar-refractivity contribution in [3.05, 3.63) is 0 Å². The van der Waals surface area contributed by atoms with Gasteiger partial charge in [0.1, 0.15) is 6.61 Å². The number of nitrogens with zero attached hydrogens (tertiary/aromatic N) is 1. The van der Waals surface area contributed by atoms with Gasteiger partial charge in [0.05, 0.1) is 19.8 Å². The lowest BCUT2D eigenvalue weighted by molar-refractivity contribution is -0.145. The fourth-order valence-corrected chi connectivity index (χ4v) is 1.07. The molecule has 96 valence electrons. The van der Waals surface area contributed by atoms with Crippen LogP contribution in [0.1, 0.15) is 12.8 Å². The zero-order valence-electron chi connectivity index (χ0n) is 10.5. The van der Waals surface area contributed by atoms with Crippen molar-refractivity contribution in [2.75, 3.05) is 54.2 Å². The lowest BCUT2D eigenvalue weighted by atomic mass is 10.3. The summed E-state index contributed by atoms with van der Waals surface area (Å²) in [7, 11) is 5.58. The Hall–Kier alpha value is -0.650. The van der Waals surface area contributed by atoms with Crippen molar-refractivity contribution < 1.29 is 19.0 Å². The molecule has 0 aliphatic heterocycles. The molecule has 0 saturated heterocycles. The summed E-state index contributed by atoms with van der Waals surface area (Å²) in [5.41, 5.74) is 0. The summed E-state index contributed by atoms with van der Waals surface area (Å²) in [6.07, 6.45) is 1.30. The summed E-state index contributed by atoms with van der Waals surface area (Å²) >= 11 is 0. The Labute approximate surface area is 97.7 Å². The second-order valence-corrected chi connectivity index (χ2v) is 3.73. The highest BCUT2D eigenvalue weighted by atomic mass is 16.6. The Balaban J connectivity index is 3.17. The first-order valence-corrected chi connectivity index (χ1v) is 5.54. The van der Waals surface area contributed by atoms with E-state index in [1.165, 1.54) is 0 Å². The fourth-order valence-electron chi connectivity index (χ4n) is 1.07. The molecule has 0 rings (SSSR count). The predicted octanol–water partition coefficient (Wildman–Crippen LogP) is 0.534. The van der Waals surface area contributed by atoms with Crippen LogP contribution in [-0.2, 0) is 19.0 Å². The van der Waals surface area contributed by atoms with Crippen molar-refractivity contribution in [3.63, 3.8) is 0 Å². The van der Waals surface area contributed by atoms with Gasteiger partial charge >= 0.3 is 5.97 Å². The van der Waals surface area contributed by atoms with Crippen molar-refractivity contribution in [2.24, 2.45) is 0 Å². The molecule has 0 amide bonds. The predicted molar refractivity (Wildman–Crippen MR) is 61.4 cm³/mol. The molecular formula is C11H23NO4. The summed E-state index contributed by atoms with van der Waals surface area (Å²) in [6.45, 7) is 2.76. The van der Waals surface area contributed by atoms with Crippen molar-refractivity contribution >= 4 is 5.97 Å². The number of hydrogen-bond acceptors (Lipinski definition) is 5. The van der Waals surface area contributed by atoms with Gasteiger partial charge in [0.2, 0.25) is 0 Å². The summed E-state index contributed by atoms with van der Waals surface area (Å²) in [5, 5.41) is 0. The number of rotatable bonds is 10. The van der Waals surface area contributed by atoms with E-state index in [0.29, 0.717) is 32.8 Å². The van der Waals surface area contributed by atoms with Crippen LogP contribution in [-0.4, -0.2) is 65.0 Å². The number of carbonyl (C=O) groups excluding carboxylic acids is 1. The van der Waals surface area contributed by atoms with E-state index >= 15 is 0 Å². The Morgan fingerprint density at radius 1 is 1.12 bits per heavy atom. The van der Waals surface area contributed by atoms with Gasteiger partial charge in [-0.05, 0) is 27.1 Å². The first-order chi connectivity index (χ1) is 7.66. The van der Waals surface area contributed by atoms with Crippen LogP contribution in [0.5, 0.6) is 0 Å². The molecule has 0 heterocycles. The zero-order chi connectivity index (χ0) is 12.2. The molecule has 0 unspecified atom stereocenters. The van der Waals surface area contributed by atoms with Crippen molar-refractivity contribution in [3.8, 4) is 0 Å². The van der Waals surface area contributed by atoms with Gasteiger partial charge < -0.3 is 19.1 Å².